The summed E-state index contributed by atoms with van der Waals surface area (Å²) in [5, 5.41) is 11.1. The highest BCUT2D eigenvalue weighted by Crippen LogP contribution is 2.17. The number of pyridine rings is 1. The molecule has 112 valence electrons. The number of carbonyl (C=O) groups is 1. The lowest BCUT2D eigenvalue weighted by Gasteiger charge is -2.00. The van der Waals surface area contributed by atoms with Crippen molar-refractivity contribution in [1.82, 2.24) is 29.7 Å². The molecule has 1 N–H and O–H groups in total. The van der Waals surface area contributed by atoms with E-state index in [4.69, 9.17) is 0 Å². The fraction of sp³-hybridized carbons (Fsp3) is 0.214. The minimum Gasteiger partial charge on any atom is -0.346 e. The first-order chi connectivity index (χ1) is 10.6. The Morgan fingerprint density at radius 2 is 2.27 bits per heavy atom. The highest BCUT2D eigenvalue weighted by molar-refractivity contribution is 7.07. The van der Waals surface area contributed by atoms with Crippen LogP contribution in [0.15, 0.2) is 30.5 Å². The van der Waals surface area contributed by atoms with Crippen LogP contribution in [0.3, 0.4) is 0 Å². The fourth-order valence-electron chi connectivity index (χ4n) is 2.06. The fourth-order valence-corrected chi connectivity index (χ4v) is 2.63. The summed E-state index contributed by atoms with van der Waals surface area (Å²) < 4.78 is 5.51. The number of nitrogens with one attached hydrogen (secondary N) is 1. The Hall–Kier alpha value is -2.61. The summed E-state index contributed by atoms with van der Waals surface area (Å²) in [7, 11) is 1.85. The van der Waals surface area contributed by atoms with Crippen LogP contribution in [0.2, 0.25) is 0 Å². The van der Waals surface area contributed by atoms with E-state index in [9.17, 15) is 4.79 Å². The largest absolute Gasteiger partial charge is 0.346 e. The van der Waals surface area contributed by atoms with Crippen LogP contribution < -0.4 is 5.32 Å². The maximum Gasteiger partial charge on any atom is 0.265 e. The van der Waals surface area contributed by atoms with Crippen molar-refractivity contribution in [2.24, 2.45) is 7.05 Å². The Kier molecular flexibility index (Phi) is 3.92. The minimum absolute atomic E-state index is 0.183. The van der Waals surface area contributed by atoms with Crippen LogP contribution in [0.1, 0.15) is 21.1 Å². The van der Waals surface area contributed by atoms with Gasteiger partial charge in [-0.15, -0.1) is 5.10 Å². The van der Waals surface area contributed by atoms with Gasteiger partial charge in [-0.05, 0) is 36.7 Å². The van der Waals surface area contributed by atoms with Crippen LogP contribution in [0.5, 0.6) is 0 Å². The standard InChI is InChI=1S/C14H14N6OS/c1-9-13(22-19-17-9)14(21)16-8-10-7-12(20(2)18-10)11-5-3-4-6-15-11/h3-7H,8H2,1-2H3,(H,16,21). The van der Waals surface area contributed by atoms with Crippen LogP contribution >= 0.6 is 11.5 Å². The normalized spacial score (nSPS) is 10.6. The first-order valence-electron chi connectivity index (χ1n) is 6.66. The van der Waals surface area contributed by atoms with Gasteiger partial charge in [-0.3, -0.25) is 14.5 Å². The number of nitrogens with zero attached hydrogens (tertiary/aromatic N) is 5. The van der Waals surface area contributed by atoms with Crippen LogP contribution in [-0.2, 0) is 13.6 Å². The highest BCUT2D eigenvalue weighted by atomic mass is 32.1. The van der Waals surface area contributed by atoms with Crippen LogP contribution in [0.25, 0.3) is 11.4 Å². The molecule has 3 heterocycles. The number of aromatic nitrogens is 5. The molecule has 0 bridgehead atoms. The average molecular weight is 314 g/mol. The van der Waals surface area contributed by atoms with Gasteiger partial charge in [0.05, 0.1) is 29.3 Å². The summed E-state index contributed by atoms with van der Waals surface area (Å²) in [5.74, 6) is -0.183. The summed E-state index contributed by atoms with van der Waals surface area (Å²) in [5.41, 5.74) is 3.15. The molecule has 0 aliphatic carbocycles. The number of hydrogen-bond acceptors (Lipinski definition) is 6. The van der Waals surface area contributed by atoms with Crippen molar-refractivity contribution < 1.29 is 4.79 Å². The second-order valence-electron chi connectivity index (χ2n) is 4.73. The van der Waals surface area contributed by atoms with E-state index in [0.717, 1.165) is 28.6 Å². The quantitative estimate of drug-likeness (QED) is 0.790. The molecule has 1 amide bonds. The molecule has 3 aromatic rings. The summed E-state index contributed by atoms with van der Waals surface area (Å²) in [6.45, 7) is 2.11. The summed E-state index contributed by atoms with van der Waals surface area (Å²) >= 11 is 1.09. The summed E-state index contributed by atoms with van der Waals surface area (Å²) in [6, 6.07) is 7.63. The third-order valence-corrected chi connectivity index (χ3v) is 3.97. The predicted octanol–water partition coefficient (Wildman–Crippen LogP) is 1.57. The molecule has 22 heavy (non-hydrogen) atoms. The topological polar surface area (TPSA) is 85.6 Å². The van der Waals surface area contributed by atoms with Gasteiger partial charge in [0.25, 0.3) is 5.91 Å². The van der Waals surface area contributed by atoms with Gasteiger partial charge in [-0.1, -0.05) is 10.6 Å². The SMILES string of the molecule is Cc1nnsc1C(=O)NCc1cc(-c2ccccn2)n(C)n1. The van der Waals surface area contributed by atoms with Crippen molar-refractivity contribution in [3.05, 3.63) is 46.7 Å². The van der Waals surface area contributed by atoms with Crippen molar-refractivity contribution in [3.8, 4) is 11.4 Å². The molecule has 0 saturated carbocycles. The van der Waals surface area contributed by atoms with Crippen molar-refractivity contribution in [3.63, 3.8) is 0 Å². The molecular weight excluding hydrogens is 300 g/mol. The monoisotopic (exact) mass is 314 g/mol. The number of aryl methyl sites for hydroxylation is 2. The predicted molar refractivity (Wildman–Crippen MR) is 82.3 cm³/mol. The van der Waals surface area contributed by atoms with E-state index in [1.165, 1.54) is 0 Å². The Bertz CT molecular complexity index is 795. The summed E-state index contributed by atoms with van der Waals surface area (Å²) in [4.78, 5) is 16.9. The van der Waals surface area contributed by atoms with Crippen molar-refractivity contribution in [1.29, 1.82) is 0 Å². The van der Waals surface area contributed by atoms with Gasteiger partial charge in [-0.25, -0.2) is 0 Å². The number of carbonyl (C=O) groups excluding carboxylic acids is 1. The van der Waals surface area contributed by atoms with Gasteiger partial charge < -0.3 is 5.32 Å². The molecular formula is C14H14N6OS. The maximum absolute atomic E-state index is 12.0. The third kappa shape index (κ3) is 2.86. The van der Waals surface area contributed by atoms with E-state index in [1.807, 2.05) is 31.3 Å². The molecule has 3 aromatic heterocycles. The Balaban J connectivity index is 1.72. The van der Waals surface area contributed by atoms with Crippen LogP contribution in [-0.4, -0.2) is 30.3 Å². The molecule has 3 rings (SSSR count). The van der Waals surface area contributed by atoms with Gasteiger partial charge in [0.15, 0.2) is 0 Å². The Labute approximate surface area is 131 Å². The lowest BCUT2D eigenvalue weighted by atomic mass is 10.2. The molecule has 7 nitrogen and oxygen atoms in total. The van der Waals surface area contributed by atoms with Gasteiger partial charge >= 0.3 is 0 Å². The highest BCUT2D eigenvalue weighted by Gasteiger charge is 2.14. The second kappa shape index (κ2) is 6.02. The molecule has 0 unspecified atom stereocenters. The molecule has 0 radical (unpaired) electrons. The van der Waals surface area contributed by atoms with Crippen LogP contribution in [0.4, 0.5) is 0 Å². The van der Waals surface area contributed by atoms with Gasteiger partial charge in [0.1, 0.15) is 4.88 Å². The van der Waals surface area contributed by atoms with Crippen molar-refractivity contribution in [2.45, 2.75) is 13.5 Å². The zero-order valence-electron chi connectivity index (χ0n) is 12.1. The Morgan fingerprint density at radius 3 is 2.95 bits per heavy atom. The zero-order chi connectivity index (χ0) is 15.5. The van der Waals surface area contributed by atoms with E-state index in [2.05, 4.69) is 25.0 Å². The lowest BCUT2D eigenvalue weighted by Crippen LogP contribution is -2.22. The molecule has 0 spiro atoms. The van der Waals surface area contributed by atoms with E-state index < -0.39 is 0 Å². The van der Waals surface area contributed by atoms with Gasteiger partial charge in [0, 0.05) is 13.2 Å². The number of hydrogen-bond donors (Lipinski definition) is 1. The van der Waals surface area contributed by atoms with Crippen molar-refractivity contribution in [2.75, 3.05) is 0 Å². The average Bonchev–Trinajstić information content (AvgIpc) is 3.11. The molecule has 0 aliphatic heterocycles. The molecule has 0 fully saturated rings. The van der Waals surface area contributed by atoms with E-state index in [1.54, 1.807) is 17.8 Å². The van der Waals surface area contributed by atoms with E-state index >= 15 is 0 Å². The smallest absolute Gasteiger partial charge is 0.265 e. The molecule has 0 aliphatic rings. The zero-order valence-corrected chi connectivity index (χ0v) is 13.0. The van der Waals surface area contributed by atoms with Crippen molar-refractivity contribution >= 4 is 17.4 Å². The number of rotatable bonds is 4. The third-order valence-electron chi connectivity index (χ3n) is 3.15. The molecule has 0 atom stereocenters. The molecule has 0 aromatic carbocycles. The maximum atomic E-state index is 12.0. The summed E-state index contributed by atoms with van der Waals surface area (Å²) in [6.07, 6.45) is 1.74. The van der Waals surface area contributed by atoms with E-state index in [-0.39, 0.29) is 5.91 Å². The van der Waals surface area contributed by atoms with Gasteiger partial charge in [-0.2, -0.15) is 5.10 Å². The lowest BCUT2D eigenvalue weighted by molar-refractivity contribution is 0.0953. The first-order valence-corrected chi connectivity index (χ1v) is 7.44. The van der Waals surface area contributed by atoms with Crippen LogP contribution in [0, 0.1) is 6.92 Å². The second-order valence-corrected chi connectivity index (χ2v) is 5.48. The Morgan fingerprint density at radius 1 is 1.41 bits per heavy atom. The molecule has 8 heteroatoms. The molecule has 0 saturated heterocycles. The first kappa shape index (κ1) is 14.3. The van der Waals surface area contributed by atoms with Gasteiger partial charge in [0.2, 0.25) is 0 Å². The van der Waals surface area contributed by atoms with E-state index in [0.29, 0.717) is 17.1 Å². The minimum atomic E-state index is -0.183. The number of amides is 1.